The topological polar surface area (TPSA) is 29.1 Å². The third-order valence-corrected chi connectivity index (χ3v) is 5.39. The molecule has 0 aliphatic heterocycles. The number of anilines is 1. The van der Waals surface area contributed by atoms with Crippen LogP contribution in [0.5, 0.6) is 0 Å². The molecule has 122 valence electrons. The molecule has 1 aromatic carbocycles. The fourth-order valence-electron chi connectivity index (χ4n) is 3.65. The minimum absolute atomic E-state index is 0.191. The van der Waals surface area contributed by atoms with Gasteiger partial charge < -0.3 is 5.32 Å². The van der Waals surface area contributed by atoms with Crippen LogP contribution in [0.1, 0.15) is 38.5 Å². The third-order valence-electron chi connectivity index (χ3n) is 4.89. The molecule has 0 spiro atoms. The Bertz CT molecular complexity index is 583. The first-order valence-corrected chi connectivity index (χ1v) is 9.41. The summed E-state index contributed by atoms with van der Waals surface area (Å²) in [7, 11) is 0. The van der Waals surface area contributed by atoms with Crippen molar-refractivity contribution in [2.24, 2.45) is 17.8 Å². The molecule has 1 aromatic rings. The second-order valence-corrected chi connectivity index (χ2v) is 7.44. The molecular formula is C20H24BrNO. The first-order valence-electron chi connectivity index (χ1n) is 8.62. The van der Waals surface area contributed by atoms with E-state index in [0.717, 1.165) is 48.7 Å². The second-order valence-electron chi connectivity index (χ2n) is 6.53. The van der Waals surface area contributed by atoms with Crippen LogP contribution in [0.3, 0.4) is 0 Å². The molecule has 3 rings (SSSR count). The lowest BCUT2D eigenvalue weighted by Gasteiger charge is -2.05. The van der Waals surface area contributed by atoms with Gasteiger partial charge in [-0.05, 0) is 68.6 Å². The summed E-state index contributed by atoms with van der Waals surface area (Å²) in [5.41, 5.74) is 0.881. The molecular weight excluding hydrogens is 350 g/mol. The molecule has 2 aliphatic carbocycles. The average molecular weight is 374 g/mol. The zero-order valence-corrected chi connectivity index (χ0v) is 15.0. The molecule has 0 aromatic heterocycles. The first-order chi connectivity index (χ1) is 11.3. The number of hydrogen-bond donors (Lipinski definition) is 1. The van der Waals surface area contributed by atoms with Crippen molar-refractivity contribution in [2.45, 2.75) is 38.5 Å². The molecule has 3 heteroatoms. The van der Waals surface area contributed by atoms with E-state index < -0.39 is 0 Å². The molecule has 1 saturated carbocycles. The predicted octanol–water partition coefficient (Wildman–Crippen LogP) is 5.72. The number of halogens is 1. The number of benzene rings is 1. The highest BCUT2D eigenvalue weighted by atomic mass is 79.9. The van der Waals surface area contributed by atoms with Crippen LogP contribution in [0.25, 0.3) is 0 Å². The zero-order chi connectivity index (χ0) is 16.1. The van der Waals surface area contributed by atoms with E-state index in [9.17, 15) is 4.79 Å². The van der Waals surface area contributed by atoms with Crippen molar-refractivity contribution in [3.63, 3.8) is 0 Å². The molecule has 0 radical (unpaired) electrons. The van der Waals surface area contributed by atoms with Crippen LogP contribution in [0.2, 0.25) is 0 Å². The maximum Gasteiger partial charge on any atom is 0.228 e. The Kier molecular flexibility index (Phi) is 5.71. The summed E-state index contributed by atoms with van der Waals surface area (Å²) < 4.78 is 0.993. The lowest BCUT2D eigenvalue weighted by atomic mass is 10.1. The Morgan fingerprint density at radius 3 is 2.17 bits per heavy atom. The molecule has 2 aliphatic rings. The van der Waals surface area contributed by atoms with Crippen LogP contribution in [-0.2, 0) is 4.79 Å². The molecule has 3 unspecified atom stereocenters. The van der Waals surface area contributed by atoms with Gasteiger partial charge in [-0.2, -0.15) is 0 Å². The summed E-state index contributed by atoms with van der Waals surface area (Å²) in [6.45, 7) is 0. The van der Waals surface area contributed by atoms with Crippen LogP contribution >= 0.6 is 15.9 Å². The Morgan fingerprint density at radius 2 is 1.57 bits per heavy atom. The summed E-state index contributed by atoms with van der Waals surface area (Å²) in [5.74, 6) is 1.50. The van der Waals surface area contributed by atoms with Gasteiger partial charge in [-0.25, -0.2) is 0 Å². The maximum atomic E-state index is 12.6. The van der Waals surface area contributed by atoms with Gasteiger partial charge in [0.1, 0.15) is 0 Å². The summed E-state index contributed by atoms with van der Waals surface area (Å²) >= 11 is 3.45. The molecule has 2 nitrogen and oxygen atoms in total. The highest BCUT2D eigenvalue weighted by Crippen LogP contribution is 2.52. The van der Waals surface area contributed by atoms with Crippen molar-refractivity contribution >= 4 is 27.5 Å². The van der Waals surface area contributed by atoms with Crippen molar-refractivity contribution in [2.75, 3.05) is 5.32 Å². The van der Waals surface area contributed by atoms with Crippen LogP contribution in [0.4, 0.5) is 5.69 Å². The van der Waals surface area contributed by atoms with E-state index in [0.29, 0.717) is 11.8 Å². The van der Waals surface area contributed by atoms with E-state index in [1.165, 1.54) is 0 Å². The van der Waals surface area contributed by atoms with E-state index in [-0.39, 0.29) is 11.8 Å². The summed E-state index contributed by atoms with van der Waals surface area (Å²) in [4.78, 5) is 12.6. The fraction of sp³-hybridized carbons (Fsp3) is 0.450. The van der Waals surface area contributed by atoms with Gasteiger partial charge in [-0.3, -0.25) is 4.79 Å². The monoisotopic (exact) mass is 373 g/mol. The van der Waals surface area contributed by atoms with E-state index >= 15 is 0 Å². The predicted molar refractivity (Wildman–Crippen MR) is 99.2 cm³/mol. The standard InChI is InChI=1S/C20H24BrNO/c21-15-10-9-11-16(14-15)22-20(23)19-17-12-7-5-3-1-2-4-6-8-13-18(17)19/h3-6,9-11,14,17-19H,1-2,7-8,12-13H2,(H,22,23)/b5-3+,6-4?. The van der Waals surface area contributed by atoms with E-state index in [2.05, 4.69) is 45.6 Å². The number of allylic oxidation sites excluding steroid dienone is 4. The Morgan fingerprint density at radius 1 is 0.957 bits per heavy atom. The van der Waals surface area contributed by atoms with Gasteiger partial charge in [0.2, 0.25) is 5.91 Å². The quantitative estimate of drug-likeness (QED) is 0.660. The van der Waals surface area contributed by atoms with Gasteiger partial charge in [0.25, 0.3) is 0 Å². The van der Waals surface area contributed by atoms with Crippen molar-refractivity contribution in [3.05, 3.63) is 53.0 Å². The molecule has 1 fully saturated rings. The molecule has 3 atom stereocenters. The summed E-state index contributed by atoms with van der Waals surface area (Å²) in [5, 5.41) is 3.09. The third kappa shape index (κ3) is 4.57. The molecule has 1 N–H and O–H groups in total. The van der Waals surface area contributed by atoms with Crippen LogP contribution in [0, 0.1) is 17.8 Å². The first kappa shape index (κ1) is 16.5. The highest BCUT2D eigenvalue weighted by molar-refractivity contribution is 9.10. The number of rotatable bonds is 2. The SMILES string of the molecule is O=C(Nc1cccc(Br)c1)C1C2CCC=CCC/C=C/CCC21. The van der Waals surface area contributed by atoms with Crippen LogP contribution < -0.4 is 5.32 Å². The number of hydrogen-bond acceptors (Lipinski definition) is 1. The van der Waals surface area contributed by atoms with E-state index in [1.807, 2.05) is 24.3 Å². The van der Waals surface area contributed by atoms with E-state index in [1.54, 1.807) is 0 Å². The van der Waals surface area contributed by atoms with Crippen molar-refractivity contribution in [1.82, 2.24) is 0 Å². The van der Waals surface area contributed by atoms with Gasteiger partial charge in [0.15, 0.2) is 0 Å². The van der Waals surface area contributed by atoms with Gasteiger partial charge in [0, 0.05) is 16.1 Å². The molecule has 23 heavy (non-hydrogen) atoms. The normalized spacial score (nSPS) is 28.8. The smallest absolute Gasteiger partial charge is 0.228 e. The largest absolute Gasteiger partial charge is 0.326 e. The summed E-state index contributed by atoms with van der Waals surface area (Å²) in [6, 6.07) is 7.83. The Hall–Kier alpha value is -1.35. The molecule has 0 bridgehead atoms. The van der Waals surface area contributed by atoms with Crippen LogP contribution in [-0.4, -0.2) is 5.91 Å². The van der Waals surface area contributed by atoms with Crippen molar-refractivity contribution in [1.29, 1.82) is 0 Å². The van der Waals surface area contributed by atoms with Crippen molar-refractivity contribution < 1.29 is 4.79 Å². The molecule has 1 amide bonds. The van der Waals surface area contributed by atoms with Gasteiger partial charge in [-0.1, -0.05) is 46.3 Å². The van der Waals surface area contributed by atoms with Gasteiger partial charge in [0.05, 0.1) is 0 Å². The van der Waals surface area contributed by atoms with Gasteiger partial charge >= 0.3 is 0 Å². The van der Waals surface area contributed by atoms with Crippen molar-refractivity contribution in [3.8, 4) is 0 Å². The molecule has 0 saturated heterocycles. The second kappa shape index (κ2) is 7.96. The Balaban J connectivity index is 1.61. The van der Waals surface area contributed by atoms with Gasteiger partial charge in [-0.15, -0.1) is 0 Å². The highest BCUT2D eigenvalue weighted by Gasteiger charge is 2.52. The lowest BCUT2D eigenvalue weighted by molar-refractivity contribution is -0.117. The fourth-order valence-corrected chi connectivity index (χ4v) is 4.05. The zero-order valence-electron chi connectivity index (χ0n) is 13.4. The Labute approximate surface area is 147 Å². The van der Waals surface area contributed by atoms with Crippen LogP contribution in [0.15, 0.2) is 53.0 Å². The minimum Gasteiger partial charge on any atom is -0.326 e. The summed E-state index contributed by atoms with van der Waals surface area (Å²) in [6.07, 6.45) is 15.9. The lowest BCUT2D eigenvalue weighted by Crippen LogP contribution is -2.15. The number of nitrogens with one attached hydrogen (secondary N) is 1. The molecule has 0 heterocycles. The average Bonchev–Trinajstić information content (AvgIpc) is 3.20. The number of amides is 1. The van der Waals surface area contributed by atoms with E-state index in [4.69, 9.17) is 0 Å². The minimum atomic E-state index is 0.191. The number of fused-ring (bicyclic) bond motifs is 1. The number of carbonyl (C=O) groups is 1. The number of carbonyl (C=O) groups excluding carboxylic acids is 1. The maximum absolute atomic E-state index is 12.6.